The highest BCUT2D eigenvalue weighted by atomic mass is 35.5. The predicted octanol–water partition coefficient (Wildman–Crippen LogP) is 4.51. The van der Waals surface area contributed by atoms with Crippen LogP contribution < -0.4 is 0 Å². The van der Waals surface area contributed by atoms with E-state index in [1.54, 1.807) is 13.0 Å². The van der Waals surface area contributed by atoms with Gasteiger partial charge in [0.1, 0.15) is 5.82 Å². The smallest absolute Gasteiger partial charge is 0.331 e. The van der Waals surface area contributed by atoms with Crippen LogP contribution in [0.15, 0.2) is 48.5 Å². The Morgan fingerprint density at radius 1 is 1.19 bits per heavy atom. The summed E-state index contributed by atoms with van der Waals surface area (Å²) in [4.78, 5) is 10.3. The summed E-state index contributed by atoms with van der Waals surface area (Å²) in [5, 5.41) is 0. The Morgan fingerprint density at radius 3 is 2.43 bits per heavy atom. The van der Waals surface area contributed by atoms with E-state index in [2.05, 4.69) is 0 Å². The van der Waals surface area contributed by atoms with E-state index in [1.807, 2.05) is 30.3 Å². The fourth-order valence-electron chi connectivity index (χ4n) is 2.08. The molecule has 2 aromatic carbocycles. The third kappa shape index (κ3) is 3.24. The zero-order valence-electron chi connectivity index (χ0n) is 11.9. The van der Waals surface area contributed by atoms with Crippen molar-refractivity contribution in [1.82, 2.24) is 0 Å². The highest BCUT2D eigenvalue weighted by Gasteiger charge is 2.36. The Hall–Kier alpha value is -1.87. The van der Waals surface area contributed by atoms with Crippen molar-refractivity contribution in [2.75, 3.05) is 6.61 Å². The van der Waals surface area contributed by atoms with E-state index >= 15 is 0 Å². The van der Waals surface area contributed by atoms with Crippen molar-refractivity contribution in [3.8, 4) is 11.1 Å². The van der Waals surface area contributed by atoms with E-state index in [0.29, 0.717) is 0 Å². The molecule has 0 aromatic heterocycles. The Kier molecular flexibility index (Phi) is 4.63. The monoisotopic (exact) mass is 306 g/mol. The van der Waals surface area contributed by atoms with Gasteiger partial charge in [0.2, 0.25) is 0 Å². The average Bonchev–Trinajstić information content (AvgIpc) is 2.48. The van der Waals surface area contributed by atoms with Crippen LogP contribution in [0.5, 0.6) is 0 Å². The summed E-state index contributed by atoms with van der Waals surface area (Å²) in [5.41, 5.74) is 1.74. The summed E-state index contributed by atoms with van der Waals surface area (Å²) in [5.74, 6) is -1.18. The molecule has 0 saturated heterocycles. The van der Waals surface area contributed by atoms with Gasteiger partial charge in [-0.25, -0.2) is 9.18 Å². The minimum absolute atomic E-state index is 0.113. The average molecular weight is 307 g/mol. The second-order valence-electron chi connectivity index (χ2n) is 4.78. The number of esters is 1. The number of hydrogen-bond acceptors (Lipinski definition) is 2. The lowest BCUT2D eigenvalue weighted by molar-refractivity contribution is -0.146. The van der Waals surface area contributed by atoms with Gasteiger partial charge in [-0.2, -0.15) is 0 Å². The predicted molar refractivity (Wildman–Crippen MR) is 81.7 cm³/mol. The summed E-state index contributed by atoms with van der Waals surface area (Å²) in [6.45, 7) is 3.32. The number of halogens is 2. The molecule has 0 N–H and O–H groups in total. The molecule has 1 atom stereocenters. The number of hydrogen-bond donors (Lipinski definition) is 0. The summed E-state index contributed by atoms with van der Waals surface area (Å²) in [7, 11) is 0. The third-order valence-corrected chi connectivity index (χ3v) is 3.60. The van der Waals surface area contributed by atoms with Gasteiger partial charge >= 0.3 is 5.97 Å². The number of benzene rings is 2. The van der Waals surface area contributed by atoms with Crippen LogP contribution in [0.4, 0.5) is 4.39 Å². The Morgan fingerprint density at radius 2 is 1.86 bits per heavy atom. The molecule has 110 valence electrons. The van der Waals surface area contributed by atoms with E-state index in [1.165, 1.54) is 19.1 Å². The summed E-state index contributed by atoms with van der Waals surface area (Å²) in [6.07, 6.45) is 0. The van der Waals surface area contributed by atoms with Crippen LogP contribution in [0, 0.1) is 5.82 Å². The molecule has 0 amide bonds. The lowest BCUT2D eigenvalue weighted by atomic mass is 9.96. The topological polar surface area (TPSA) is 26.3 Å². The van der Waals surface area contributed by atoms with E-state index < -0.39 is 16.7 Å². The molecule has 2 rings (SSSR count). The van der Waals surface area contributed by atoms with Crippen molar-refractivity contribution in [2.24, 2.45) is 0 Å². The molecule has 4 heteroatoms. The first-order valence-corrected chi connectivity index (χ1v) is 7.06. The molecule has 21 heavy (non-hydrogen) atoms. The quantitative estimate of drug-likeness (QED) is 0.613. The zero-order chi connectivity index (χ0) is 15.5. The summed E-state index contributed by atoms with van der Waals surface area (Å²) in [6, 6.07) is 14.1. The molecular weight excluding hydrogens is 291 g/mol. The first-order valence-electron chi connectivity index (χ1n) is 6.68. The molecule has 0 aliphatic heterocycles. The van der Waals surface area contributed by atoms with E-state index in [-0.39, 0.29) is 12.2 Å². The molecule has 0 aliphatic carbocycles. The third-order valence-electron chi connectivity index (χ3n) is 3.24. The number of rotatable bonds is 4. The van der Waals surface area contributed by atoms with Crippen LogP contribution in [0.2, 0.25) is 0 Å². The molecular formula is C17H16ClFO2. The van der Waals surface area contributed by atoms with Crippen LogP contribution in [-0.2, 0) is 14.4 Å². The maximum absolute atomic E-state index is 14.3. The van der Waals surface area contributed by atoms with Gasteiger partial charge in [-0.15, -0.1) is 11.6 Å². The molecule has 0 radical (unpaired) electrons. The Balaban J connectivity index is 2.38. The van der Waals surface area contributed by atoms with Gasteiger partial charge in [0, 0.05) is 5.56 Å². The SMILES string of the molecule is CCOC(=O)C(C)(Cl)c1ccc(-c2ccccc2)cc1F. The lowest BCUT2D eigenvalue weighted by Crippen LogP contribution is -2.29. The maximum Gasteiger partial charge on any atom is 0.331 e. The highest BCUT2D eigenvalue weighted by molar-refractivity contribution is 6.33. The van der Waals surface area contributed by atoms with Crippen LogP contribution >= 0.6 is 11.6 Å². The molecule has 0 bridgehead atoms. The van der Waals surface area contributed by atoms with Gasteiger partial charge in [-0.1, -0.05) is 42.5 Å². The van der Waals surface area contributed by atoms with Crippen LogP contribution in [0.3, 0.4) is 0 Å². The van der Waals surface area contributed by atoms with Gasteiger partial charge in [-0.3, -0.25) is 0 Å². The van der Waals surface area contributed by atoms with Crippen molar-refractivity contribution in [1.29, 1.82) is 0 Å². The number of carbonyl (C=O) groups excluding carboxylic acids is 1. The first kappa shape index (κ1) is 15.5. The van der Waals surface area contributed by atoms with Gasteiger partial charge in [0.25, 0.3) is 0 Å². The van der Waals surface area contributed by atoms with Crippen molar-refractivity contribution in [3.63, 3.8) is 0 Å². The second-order valence-corrected chi connectivity index (χ2v) is 5.54. The molecule has 2 aromatic rings. The molecule has 0 saturated carbocycles. The normalized spacial score (nSPS) is 13.5. The van der Waals surface area contributed by atoms with E-state index in [9.17, 15) is 9.18 Å². The van der Waals surface area contributed by atoms with E-state index in [0.717, 1.165) is 11.1 Å². The number of carbonyl (C=O) groups is 1. The number of alkyl halides is 1. The first-order chi connectivity index (χ1) is 9.96. The van der Waals surface area contributed by atoms with Crippen LogP contribution in [0.25, 0.3) is 11.1 Å². The standard InChI is InChI=1S/C17H16ClFO2/c1-3-21-16(20)17(2,18)14-10-9-13(11-15(14)19)12-7-5-4-6-8-12/h4-11H,3H2,1-2H3. The largest absolute Gasteiger partial charge is 0.464 e. The molecule has 0 fully saturated rings. The minimum atomic E-state index is -1.53. The van der Waals surface area contributed by atoms with Gasteiger partial charge < -0.3 is 4.74 Å². The Labute approximate surface area is 128 Å². The van der Waals surface area contributed by atoms with Crippen LogP contribution in [0.1, 0.15) is 19.4 Å². The van der Waals surface area contributed by atoms with Crippen molar-refractivity contribution < 1.29 is 13.9 Å². The van der Waals surface area contributed by atoms with E-state index in [4.69, 9.17) is 16.3 Å². The zero-order valence-corrected chi connectivity index (χ0v) is 12.7. The lowest BCUT2D eigenvalue weighted by Gasteiger charge is -2.21. The van der Waals surface area contributed by atoms with Gasteiger partial charge in [0.05, 0.1) is 6.61 Å². The Bertz CT molecular complexity index is 638. The fourth-order valence-corrected chi connectivity index (χ4v) is 2.29. The minimum Gasteiger partial charge on any atom is -0.464 e. The van der Waals surface area contributed by atoms with Crippen molar-refractivity contribution >= 4 is 17.6 Å². The van der Waals surface area contributed by atoms with Crippen LogP contribution in [-0.4, -0.2) is 12.6 Å². The summed E-state index contributed by atoms with van der Waals surface area (Å²) >= 11 is 6.18. The maximum atomic E-state index is 14.3. The molecule has 0 heterocycles. The summed E-state index contributed by atoms with van der Waals surface area (Å²) < 4.78 is 19.2. The molecule has 0 spiro atoms. The van der Waals surface area contributed by atoms with Gasteiger partial charge in [-0.05, 0) is 31.0 Å². The fraction of sp³-hybridized carbons (Fsp3) is 0.235. The number of ether oxygens (including phenoxy) is 1. The highest BCUT2D eigenvalue weighted by Crippen LogP contribution is 2.34. The molecule has 1 unspecified atom stereocenters. The van der Waals surface area contributed by atoms with Crippen molar-refractivity contribution in [2.45, 2.75) is 18.7 Å². The van der Waals surface area contributed by atoms with Gasteiger partial charge in [0.15, 0.2) is 4.87 Å². The second kappa shape index (κ2) is 6.27. The van der Waals surface area contributed by atoms with Crippen molar-refractivity contribution in [3.05, 3.63) is 59.9 Å². The molecule has 0 aliphatic rings. The molecule has 2 nitrogen and oxygen atoms in total.